The van der Waals surface area contributed by atoms with E-state index >= 15 is 0 Å². The van der Waals surface area contributed by atoms with Crippen LogP contribution in [0.2, 0.25) is 0 Å². The number of aliphatic hydroxyl groups excluding tert-OH is 1. The molecule has 1 amide bonds. The van der Waals surface area contributed by atoms with Crippen molar-refractivity contribution in [3.63, 3.8) is 0 Å². The van der Waals surface area contributed by atoms with Crippen LogP contribution in [0.4, 0.5) is 13.2 Å². The molecule has 1 aromatic rings. The van der Waals surface area contributed by atoms with Gasteiger partial charge in [0.1, 0.15) is 12.3 Å². The molecule has 31 heavy (non-hydrogen) atoms. The van der Waals surface area contributed by atoms with Gasteiger partial charge in [-0.1, -0.05) is 19.0 Å². The first-order chi connectivity index (χ1) is 14.4. The van der Waals surface area contributed by atoms with Crippen molar-refractivity contribution in [3.05, 3.63) is 23.6 Å². The van der Waals surface area contributed by atoms with Crippen molar-refractivity contribution < 1.29 is 42.2 Å². The summed E-state index contributed by atoms with van der Waals surface area (Å²) < 4.78 is 43.0. The first-order valence-electron chi connectivity index (χ1n) is 9.68. The highest BCUT2D eigenvalue weighted by molar-refractivity contribution is 5.74. The lowest BCUT2D eigenvalue weighted by Crippen LogP contribution is -2.56. The van der Waals surface area contributed by atoms with Gasteiger partial charge in [0.15, 0.2) is 5.76 Å². The van der Waals surface area contributed by atoms with E-state index < -0.39 is 12.1 Å². The molecule has 5 N–H and O–H groups in total. The normalized spacial score (nSPS) is 21.2. The Morgan fingerprint density at radius 3 is 2.39 bits per heavy atom. The summed E-state index contributed by atoms with van der Waals surface area (Å²) in [6, 6.07) is 1.13. The van der Waals surface area contributed by atoms with Crippen molar-refractivity contribution in [2.75, 3.05) is 0 Å². The second-order valence-electron chi connectivity index (χ2n) is 6.96. The van der Waals surface area contributed by atoms with Crippen LogP contribution in [-0.4, -0.2) is 57.7 Å². The zero-order valence-corrected chi connectivity index (χ0v) is 17.5. The Labute approximate surface area is 177 Å². The number of nitrogens with one attached hydrogen (secondary N) is 1. The highest BCUT2D eigenvalue weighted by atomic mass is 19.4. The van der Waals surface area contributed by atoms with E-state index in [-0.39, 0.29) is 36.8 Å². The number of carbonyl (C=O) groups is 2. The van der Waals surface area contributed by atoms with E-state index in [4.69, 9.17) is 30.0 Å². The summed E-state index contributed by atoms with van der Waals surface area (Å²) in [7, 11) is 0. The molecule has 1 aliphatic carbocycles. The van der Waals surface area contributed by atoms with Gasteiger partial charge in [0.25, 0.3) is 0 Å². The van der Waals surface area contributed by atoms with Crippen LogP contribution in [0.5, 0.6) is 0 Å². The maximum Gasteiger partial charge on any atom is 0.490 e. The maximum atomic E-state index is 11.5. The summed E-state index contributed by atoms with van der Waals surface area (Å²) in [4.78, 5) is 20.4. The van der Waals surface area contributed by atoms with Gasteiger partial charge < -0.3 is 30.5 Å². The van der Waals surface area contributed by atoms with E-state index in [0.717, 1.165) is 18.4 Å². The summed E-state index contributed by atoms with van der Waals surface area (Å²) >= 11 is 0. The molecule has 0 aliphatic heterocycles. The number of carboxylic acid groups (broad SMARTS) is 1. The molecule has 9 nitrogen and oxygen atoms in total. The van der Waals surface area contributed by atoms with Gasteiger partial charge in [0, 0.05) is 19.0 Å². The van der Waals surface area contributed by atoms with Crippen molar-refractivity contribution in [3.8, 4) is 0 Å². The van der Waals surface area contributed by atoms with E-state index in [1.807, 2.05) is 6.08 Å². The summed E-state index contributed by atoms with van der Waals surface area (Å²) in [5.74, 6) is -2.48. The van der Waals surface area contributed by atoms with Crippen LogP contribution in [-0.2, 0) is 20.9 Å². The average molecular weight is 451 g/mol. The quantitative estimate of drug-likeness (QED) is 0.492. The Hall–Kier alpha value is -2.44. The van der Waals surface area contributed by atoms with Gasteiger partial charge in [0.2, 0.25) is 5.91 Å². The first-order valence-corrected chi connectivity index (χ1v) is 9.68. The molecule has 0 saturated heterocycles. The lowest BCUT2D eigenvalue weighted by atomic mass is 9.87. The van der Waals surface area contributed by atoms with Crippen LogP contribution in [0.25, 0.3) is 5.57 Å². The number of halogens is 3. The van der Waals surface area contributed by atoms with Gasteiger partial charge in [-0.3, -0.25) is 4.79 Å². The second kappa shape index (κ2) is 11.8. The molecule has 1 aromatic heterocycles. The minimum atomic E-state index is -5.08. The molecule has 0 fully saturated rings. The van der Waals surface area contributed by atoms with Crippen molar-refractivity contribution in [2.45, 2.75) is 77.1 Å². The van der Waals surface area contributed by atoms with E-state index in [9.17, 15) is 18.0 Å². The number of nitrogens with two attached hydrogens (primary N) is 1. The number of aliphatic carboxylic acids is 1. The molecule has 1 heterocycles. The van der Waals surface area contributed by atoms with E-state index in [0.29, 0.717) is 17.9 Å². The van der Waals surface area contributed by atoms with Gasteiger partial charge in [-0.25, -0.2) is 4.79 Å². The number of amides is 1. The fourth-order valence-electron chi connectivity index (χ4n) is 2.97. The molecule has 0 bridgehead atoms. The molecule has 0 aromatic carbocycles. The monoisotopic (exact) mass is 451 g/mol. The number of nitrogens with zero attached hydrogens (tertiary/aromatic N) is 1. The Balaban J connectivity index is 0.000000592. The van der Waals surface area contributed by atoms with Crippen molar-refractivity contribution in [1.82, 2.24) is 10.5 Å². The summed E-state index contributed by atoms with van der Waals surface area (Å²) in [5.41, 5.74) is 7.85. The minimum Gasteiger partial charge on any atom is -0.475 e. The summed E-state index contributed by atoms with van der Waals surface area (Å²) in [6.07, 6.45) is -1.04. The highest BCUT2D eigenvalue weighted by Crippen LogP contribution is 2.29. The van der Waals surface area contributed by atoms with Gasteiger partial charge in [-0.05, 0) is 30.9 Å². The maximum absolute atomic E-state index is 11.5. The van der Waals surface area contributed by atoms with Gasteiger partial charge in [-0.15, -0.1) is 0 Å². The lowest BCUT2D eigenvalue weighted by Gasteiger charge is -2.36. The molecule has 3 atom stereocenters. The minimum absolute atomic E-state index is 0.0966. The van der Waals surface area contributed by atoms with Crippen LogP contribution in [0.3, 0.4) is 0 Å². The Kier molecular flexibility index (Phi) is 10.1. The van der Waals surface area contributed by atoms with Crippen LogP contribution >= 0.6 is 0 Å². The number of alkyl halides is 3. The molecule has 12 heteroatoms. The average Bonchev–Trinajstić information content (AvgIpc) is 3.17. The third kappa shape index (κ3) is 8.31. The predicted molar refractivity (Wildman–Crippen MR) is 104 cm³/mol. The number of hydrogen-bond acceptors (Lipinski definition) is 7. The molecule has 0 unspecified atom stereocenters. The second-order valence-corrected chi connectivity index (χ2v) is 6.96. The molecule has 2 rings (SSSR count). The number of carboxylic acids is 1. The van der Waals surface area contributed by atoms with E-state index in [1.165, 1.54) is 6.92 Å². The third-order valence-corrected chi connectivity index (χ3v) is 4.55. The first kappa shape index (κ1) is 26.6. The van der Waals surface area contributed by atoms with Gasteiger partial charge in [0.05, 0.1) is 18.2 Å². The van der Waals surface area contributed by atoms with Gasteiger partial charge >= 0.3 is 12.1 Å². The van der Waals surface area contributed by atoms with Crippen molar-refractivity contribution >= 4 is 17.4 Å². The van der Waals surface area contributed by atoms with Gasteiger partial charge in [-0.2, -0.15) is 13.2 Å². The summed E-state index contributed by atoms with van der Waals surface area (Å²) in [6.45, 7) is 5.42. The largest absolute Gasteiger partial charge is 0.490 e. The molecule has 176 valence electrons. The van der Waals surface area contributed by atoms with Crippen LogP contribution in [0, 0.1) is 0 Å². The molecular weight excluding hydrogens is 423 g/mol. The fraction of sp³-hybridized carbons (Fsp3) is 0.632. The zero-order valence-electron chi connectivity index (χ0n) is 17.5. The fourth-order valence-corrected chi connectivity index (χ4v) is 2.97. The number of rotatable bonds is 7. The van der Waals surface area contributed by atoms with Crippen LogP contribution in [0.15, 0.2) is 16.7 Å². The lowest BCUT2D eigenvalue weighted by molar-refractivity contribution is -0.192. The Morgan fingerprint density at radius 2 is 1.97 bits per heavy atom. The van der Waals surface area contributed by atoms with Crippen LogP contribution < -0.4 is 11.1 Å². The Bertz CT molecular complexity index is 761. The SMILES string of the molecule is CCC(CC)O[C@@H]1C=C(c2cc(CO)on2)C[C@H](N)[C@H]1NC(C)=O.O=C(O)C(F)(F)F. The molecule has 1 aliphatic rings. The smallest absolute Gasteiger partial charge is 0.475 e. The Morgan fingerprint density at radius 1 is 1.39 bits per heavy atom. The number of carbonyl (C=O) groups excluding carboxylic acids is 1. The molecule has 0 saturated carbocycles. The number of aromatic nitrogens is 1. The van der Waals surface area contributed by atoms with Crippen molar-refractivity contribution in [2.24, 2.45) is 5.73 Å². The molecule has 0 radical (unpaired) electrons. The van der Waals surface area contributed by atoms with E-state index in [1.54, 1.807) is 6.07 Å². The molecular formula is C19H28F3N3O6. The third-order valence-electron chi connectivity index (χ3n) is 4.55. The predicted octanol–water partition coefficient (Wildman–Crippen LogP) is 1.99. The van der Waals surface area contributed by atoms with E-state index in [2.05, 4.69) is 24.3 Å². The highest BCUT2D eigenvalue weighted by Gasteiger charge is 2.38. The summed E-state index contributed by atoms with van der Waals surface area (Å²) in [5, 5.41) is 23.1. The zero-order chi connectivity index (χ0) is 23.8. The number of hydrogen-bond donors (Lipinski definition) is 4. The topological polar surface area (TPSA) is 148 Å². The van der Waals surface area contributed by atoms with Crippen LogP contribution in [0.1, 0.15) is 51.5 Å². The molecule has 0 spiro atoms. The number of ether oxygens (including phenoxy) is 1. The number of aliphatic hydroxyl groups is 1. The standard InChI is InChI=1S/C17H27N3O4.C2HF3O2/c1-4-12(5-2)23-16-7-11(15-8-13(9-21)24-20-15)6-14(18)17(16)19-10(3)22;3-2(4,5)1(6)7/h7-8,12,14,16-17,21H,4-6,9,18H2,1-3H3,(H,19,22);(H,6,7)/t14-,16+,17+;/m0./s1. The van der Waals surface area contributed by atoms with Crippen molar-refractivity contribution in [1.29, 1.82) is 0 Å².